The van der Waals surface area contributed by atoms with Crippen LogP contribution < -0.4 is 10.5 Å². The van der Waals surface area contributed by atoms with Gasteiger partial charge in [0.2, 0.25) is 0 Å². The highest BCUT2D eigenvalue weighted by Crippen LogP contribution is 2.28. The van der Waals surface area contributed by atoms with Crippen molar-refractivity contribution >= 4 is 35.6 Å². The van der Waals surface area contributed by atoms with Gasteiger partial charge in [-0.15, -0.1) is 12.4 Å². The van der Waals surface area contributed by atoms with Crippen LogP contribution in [-0.4, -0.2) is 12.6 Å². The molecule has 0 radical (unpaired) electrons. The van der Waals surface area contributed by atoms with Gasteiger partial charge in [-0.2, -0.15) is 0 Å². The van der Waals surface area contributed by atoms with Gasteiger partial charge in [-0.3, -0.25) is 0 Å². The van der Waals surface area contributed by atoms with Gasteiger partial charge in [0.05, 0.1) is 16.7 Å². The first-order valence-electron chi connectivity index (χ1n) is 5.50. The van der Waals surface area contributed by atoms with Crippen LogP contribution in [0.4, 0.5) is 0 Å². The molecule has 1 aromatic carbocycles. The zero-order valence-electron chi connectivity index (χ0n) is 9.36. The summed E-state index contributed by atoms with van der Waals surface area (Å²) in [6.45, 7) is 0.666. The van der Waals surface area contributed by atoms with Crippen molar-refractivity contribution in [3.63, 3.8) is 0 Å². The average Bonchev–Trinajstić information content (AvgIpc) is 2.66. The second kappa shape index (κ2) is 6.69. The molecule has 0 amide bonds. The fraction of sp³-hybridized carbons (Fsp3) is 0.500. The molecule has 1 aliphatic carbocycles. The van der Waals surface area contributed by atoms with Crippen LogP contribution >= 0.6 is 35.6 Å². The Hall–Kier alpha value is -0.150. The van der Waals surface area contributed by atoms with Crippen molar-refractivity contribution in [1.29, 1.82) is 0 Å². The van der Waals surface area contributed by atoms with Gasteiger partial charge in [0.1, 0.15) is 5.75 Å². The lowest BCUT2D eigenvalue weighted by Crippen LogP contribution is -2.28. The number of ether oxygens (including phenoxy) is 1. The van der Waals surface area contributed by atoms with Gasteiger partial charge >= 0.3 is 0 Å². The van der Waals surface area contributed by atoms with Gasteiger partial charge in [-0.05, 0) is 25.0 Å². The molecule has 5 heteroatoms. The molecular weight excluding hydrogens is 280 g/mol. The van der Waals surface area contributed by atoms with E-state index in [4.69, 9.17) is 33.7 Å². The number of halogens is 3. The quantitative estimate of drug-likeness (QED) is 0.917. The summed E-state index contributed by atoms with van der Waals surface area (Å²) in [6, 6.07) is 5.59. The summed E-state index contributed by atoms with van der Waals surface area (Å²) >= 11 is 11.7. The number of nitrogens with two attached hydrogens (primary N) is 1. The molecule has 2 unspecified atom stereocenters. The summed E-state index contributed by atoms with van der Waals surface area (Å²) in [4.78, 5) is 0. The SMILES string of the molecule is Cl.NC1CCCC1COc1ccc(Cl)c(Cl)c1. The van der Waals surface area contributed by atoms with Crippen LogP contribution in [0.2, 0.25) is 10.0 Å². The lowest BCUT2D eigenvalue weighted by atomic mass is 10.1. The maximum atomic E-state index is 5.97. The van der Waals surface area contributed by atoms with E-state index in [9.17, 15) is 0 Å². The van der Waals surface area contributed by atoms with Crippen LogP contribution in [0.25, 0.3) is 0 Å². The predicted octanol–water partition coefficient (Wildman–Crippen LogP) is 3.92. The molecule has 0 bridgehead atoms. The summed E-state index contributed by atoms with van der Waals surface area (Å²) < 4.78 is 5.67. The number of rotatable bonds is 3. The zero-order valence-corrected chi connectivity index (χ0v) is 11.7. The first-order valence-corrected chi connectivity index (χ1v) is 6.26. The third-order valence-corrected chi connectivity index (χ3v) is 3.81. The summed E-state index contributed by atoms with van der Waals surface area (Å²) in [5, 5.41) is 1.07. The van der Waals surface area contributed by atoms with Gasteiger partial charge in [0.25, 0.3) is 0 Å². The summed E-state index contributed by atoms with van der Waals surface area (Å²) in [7, 11) is 0. The normalized spacial score (nSPS) is 23.2. The minimum atomic E-state index is 0. The monoisotopic (exact) mass is 295 g/mol. The maximum Gasteiger partial charge on any atom is 0.120 e. The molecule has 2 rings (SSSR count). The Kier molecular flexibility index (Phi) is 5.87. The van der Waals surface area contributed by atoms with Crippen LogP contribution in [0.3, 0.4) is 0 Å². The molecule has 2 atom stereocenters. The van der Waals surface area contributed by atoms with Gasteiger partial charge in [-0.25, -0.2) is 0 Å². The van der Waals surface area contributed by atoms with Gasteiger partial charge in [0, 0.05) is 18.0 Å². The van der Waals surface area contributed by atoms with E-state index in [-0.39, 0.29) is 18.4 Å². The first kappa shape index (κ1) is 14.9. The average molecular weight is 297 g/mol. The lowest BCUT2D eigenvalue weighted by molar-refractivity contribution is 0.239. The van der Waals surface area contributed by atoms with E-state index in [0.29, 0.717) is 22.6 Å². The summed E-state index contributed by atoms with van der Waals surface area (Å²) in [6.07, 6.45) is 3.47. The minimum Gasteiger partial charge on any atom is -0.493 e. The van der Waals surface area contributed by atoms with Crippen LogP contribution in [0.5, 0.6) is 5.75 Å². The number of hydrogen-bond acceptors (Lipinski definition) is 2. The fourth-order valence-electron chi connectivity index (χ4n) is 2.04. The van der Waals surface area contributed by atoms with Crippen molar-refractivity contribution in [3.05, 3.63) is 28.2 Å². The third-order valence-electron chi connectivity index (χ3n) is 3.07. The van der Waals surface area contributed by atoms with Crippen LogP contribution in [-0.2, 0) is 0 Å². The fourth-order valence-corrected chi connectivity index (χ4v) is 2.33. The molecule has 17 heavy (non-hydrogen) atoms. The summed E-state index contributed by atoms with van der Waals surface area (Å²) in [5.41, 5.74) is 5.97. The molecular formula is C12H16Cl3NO. The van der Waals surface area contributed by atoms with E-state index in [1.54, 1.807) is 12.1 Å². The van der Waals surface area contributed by atoms with Crippen LogP contribution in [0.15, 0.2) is 18.2 Å². The lowest BCUT2D eigenvalue weighted by Gasteiger charge is -2.16. The van der Waals surface area contributed by atoms with Crippen molar-refractivity contribution < 1.29 is 4.74 Å². The third kappa shape index (κ3) is 3.92. The maximum absolute atomic E-state index is 5.97. The van der Waals surface area contributed by atoms with Crippen LogP contribution in [0.1, 0.15) is 19.3 Å². The Labute approximate surface area is 118 Å². The Morgan fingerprint density at radius 3 is 2.59 bits per heavy atom. The van der Waals surface area contributed by atoms with E-state index in [2.05, 4.69) is 0 Å². The first-order chi connectivity index (χ1) is 7.66. The predicted molar refractivity (Wildman–Crippen MR) is 74.5 cm³/mol. The molecule has 0 aromatic heterocycles. The Morgan fingerprint density at radius 2 is 2.00 bits per heavy atom. The molecule has 1 aromatic rings. The zero-order chi connectivity index (χ0) is 11.5. The number of hydrogen-bond donors (Lipinski definition) is 1. The molecule has 0 spiro atoms. The van der Waals surface area contributed by atoms with E-state index >= 15 is 0 Å². The van der Waals surface area contributed by atoms with Crippen molar-refractivity contribution in [2.24, 2.45) is 11.7 Å². The smallest absolute Gasteiger partial charge is 0.120 e. The van der Waals surface area contributed by atoms with E-state index in [1.165, 1.54) is 6.42 Å². The second-order valence-electron chi connectivity index (χ2n) is 4.24. The molecule has 2 nitrogen and oxygen atoms in total. The molecule has 96 valence electrons. The molecule has 1 aliphatic rings. The Bertz CT molecular complexity index is 373. The largest absolute Gasteiger partial charge is 0.493 e. The molecule has 1 saturated carbocycles. The molecule has 2 N–H and O–H groups in total. The van der Waals surface area contributed by atoms with Crippen molar-refractivity contribution in [2.75, 3.05) is 6.61 Å². The topological polar surface area (TPSA) is 35.2 Å². The summed E-state index contributed by atoms with van der Waals surface area (Å²) in [5.74, 6) is 1.22. The van der Waals surface area contributed by atoms with E-state index in [1.807, 2.05) is 6.07 Å². The molecule has 0 saturated heterocycles. The van der Waals surface area contributed by atoms with E-state index in [0.717, 1.165) is 18.6 Å². The Morgan fingerprint density at radius 1 is 1.24 bits per heavy atom. The highest BCUT2D eigenvalue weighted by molar-refractivity contribution is 6.42. The van der Waals surface area contributed by atoms with Crippen molar-refractivity contribution in [3.8, 4) is 5.75 Å². The molecule has 0 heterocycles. The number of benzene rings is 1. The van der Waals surface area contributed by atoms with E-state index < -0.39 is 0 Å². The van der Waals surface area contributed by atoms with Gasteiger partial charge in [-0.1, -0.05) is 29.6 Å². The highest BCUT2D eigenvalue weighted by atomic mass is 35.5. The Balaban J connectivity index is 0.00000144. The molecule has 1 fully saturated rings. The standard InChI is InChI=1S/C12H15Cl2NO.ClH/c13-10-5-4-9(6-11(10)14)16-7-8-2-1-3-12(8)15;/h4-6,8,12H,1-3,7,15H2;1H. The van der Waals surface area contributed by atoms with Crippen molar-refractivity contribution in [1.82, 2.24) is 0 Å². The second-order valence-corrected chi connectivity index (χ2v) is 5.06. The molecule has 0 aliphatic heterocycles. The minimum absolute atomic E-state index is 0. The van der Waals surface area contributed by atoms with Gasteiger partial charge < -0.3 is 10.5 Å². The van der Waals surface area contributed by atoms with Gasteiger partial charge in [0.15, 0.2) is 0 Å². The van der Waals surface area contributed by atoms with Crippen molar-refractivity contribution in [2.45, 2.75) is 25.3 Å². The van der Waals surface area contributed by atoms with Crippen LogP contribution in [0, 0.1) is 5.92 Å². The highest BCUT2D eigenvalue weighted by Gasteiger charge is 2.24.